The molecule has 0 aromatic heterocycles. The van der Waals surface area contributed by atoms with Crippen molar-refractivity contribution < 1.29 is 4.79 Å². The van der Waals surface area contributed by atoms with Crippen LogP contribution in [-0.4, -0.2) is 12.5 Å². The SMILES string of the molecule is Cc1ccc(C)c(C(=O)NCC(N)c2ccc(C(C)C)cc2)c1.Cl. The highest BCUT2D eigenvalue weighted by Crippen LogP contribution is 2.17. The quantitative estimate of drug-likeness (QED) is 0.849. The lowest BCUT2D eigenvalue weighted by molar-refractivity contribution is 0.0950. The molecule has 1 atom stereocenters. The predicted molar refractivity (Wildman–Crippen MR) is 103 cm³/mol. The van der Waals surface area contributed by atoms with Crippen molar-refractivity contribution in [3.05, 3.63) is 70.3 Å². The number of nitrogens with two attached hydrogens (primary N) is 1. The van der Waals surface area contributed by atoms with Crippen LogP contribution in [0, 0.1) is 13.8 Å². The van der Waals surface area contributed by atoms with Gasteiger partial charge in [0.1, 0.15) is 0 Å². The van der Waals surface area contributed by atoms with Gasteiger partial charge in [0, 0.05) is 18.2 Å². The molecule has 0 aliphatic rings. The number of rotatable bonds is 5. The van der Waals surface area contributed by atoms with Crippen molar-refractivity contribution in [3.8, 4) is 0 Å². The summed E-state index contributed by atoms with van der Waals surface area (Å²) in [4.78, 5) is 12.3. The summed E-state index contributed by atoms with van der Waals surface area (Å²) in [6, 6.07) is 14.0. The lowest BCUT2D eigenvalue weighted by Crippen LogP contribution is -2.32. The molecule has 2 aromatic carbocycles. The van der Waals surface area contributed by atoms with Gasteiger partial charge in [-0.1, -0.05) is 55.8 Å². The van der Waals surface area contributed by atoms with Crippen LogP contribution in [0.3, 0.4) is 0 Å². The van der Waals surface area contributed by atoms with E-state index >= 15 is 0 Å². The number of hydrogen-bond acceptors (Lipinski definition) is 2. The Morgan fingerprint density at radius 1 is 1.04 bits per heavy atom. The Hall–Kier alpha value is -1.84. The van der Waals surface area contributed by atoms with Crippen molar-refractivity contribution in [2.24, 2.45) is 5.73 Å². The van der Waals surface area contributed by atoms with Gasteiger partial charge in [0.25, 0.3) is 5.91 Å². The molecule has 0 radical (unpaired) electrons. The topological polar surface area (TPSA) is 55.1 Å². The number of carbonyl (C=O) groups excluding carboxylic acids is 1. The maximum absolute atomic E-state index is 12.3. The van der Waals surface area contributed by atoms with Crippen LogP contribution in [0.1, 0.15) is 58.4 Å². The second kappa shape index (κ2) is 8.86. The molecule has 0 aliphatic carbocycles. The molecule has 3 N–H and O–H groups in total. The molecule has 0 bridgehead atoms. The molecule has 0 fully saturated rings. The van der Waals surface area contributed by atoms with E-state index in [4.69, 9.17) is 5.73 Å². The maximum Gasteiger partial charge on any atom is 0.251 e. The maximum atomic E-state index is 12.3. The van der Waals surface area contributed by atoms with Gasteiger partial charge in [0.05, 0.1) is 0 Å². The molecule has 0 spiro atoms. The first-order valence-electron chi connectivity index (χ1n) is 8.09. The zero-order chi connectivity index (χ0) is 17.0. The second-order valence-corrected chi connectivity index (χ2v) is 6.46. The van der Waals surface area contributed by atoms with E-state index in [2.05, 4.69) is 31.3 Å². The zero-order valence-corrected chi connectivity index (χ0v) is 15.6. The van der Waals surface area contributed by atoms with Gasteiger partial charge in [0.15, 0.2) is 0 Å². The van der Waals surface area contributed by atoms with Gasteiger partial charge in [0.2, 0.25) is 0 Å². The molecule has 2 aromatic rings. The van der Waals surface area contributed by atoms with Crippen LogP contribution in [0.15, 0.2) is 42.5 Å². The van der Waals surface area contributed by atoms with E-state index in [1.807, 2.05) is 44.2 Å². The third-order valence-corrected chi connectivity index (χ3v) is 4.15. The Morgan fingerprint density at radius 3 is 2.21 bits per heavy atom. The smallest absolute Gasteiger partial charge is 0.251 e. The number of aryl methyl sites for hydroxylation is 2. The van der Waals surface area contributed by atoms with E-state index in [9.17, 15) is 4.79 Å². The first kappa shape index (κ1) is 20.2. The van der Waals surface area contributed by atoms with Crippen LogP contribution in [-0.2, 0) is 0 Å². The van der Waals surface area contributed by atoms with Gasteiger partial charge < -0.3 is 11.1 Å². The first-order chi connectivity index (χ1) is 10.9. The highest BCUT2D eigenvalue weighted by atomic mass is 35.5. The van der Waals surface area contributed by atoms with Crippen molar-refractivity contribution in [2.75, 3.05) is 6.54 Å². The molecule has 3 nitrogen and oxygen atoms in total. The van der Waals surface area contributed by atoms with E-state index < -0.39 is 0 Å². The summed E-state index contributed by atoms with van der Waals surface area (Å²) in [5.74, 6) is 0.435. The molecule has 24 heavy (non-hydrogen) atoms. The Balaban J connectivity index is 0.00000288. The molecule has 4 heteroatoms. The highest BCUT2D eigenvalue weighted by Gasteiger charge is 2.12. The number of nitrogens with one attached hydrogen (secondary N) is 1. The van der Waals surface area contributed by atoms with Crippen LogP contribution < -0.4 is 11.1 Å². The number of amides is 1. The number of halogens is 1. The lowest BCUT2D eigenvalue weighted by atomic mass is 9.99. The minimum Gasteiger partial charge on any atom is -0.350 e. The molecule has 0 saturated carbocycles. The molecular formula is C20H27ClN2O. The van der Waals surface area contributed by atoms with Crippen LogP contribution in [0.2, 0.25) is 0 Å². The standard InChI is InChI=1S/C20H26N2O.ClH/c1-13(2)16-7-9-17(10-8-16)19(21)12-22-20(23)18-11-14(3)5-6-15(18)4;/h5-11,13,19H,12,21H2,1-4H3,(H,22,23);1H. The average molecular weight is 347 g/mol. The fourth-order valence-corrected chi connectivity index (χ4v) is 2.52. The number of benzene rings is 2. The minimum absolute atomic E-state index is 0. The van der Waals surface area contributed by atoms with Crippen molar-refractivity contribution in [3.63, 3.8) is 0 Å². The number of carbonyl (C=O) groups is 1. The van der Waals surface area contributed by atoms with Gasteiger partial charge >= 0.3 is 0 Å². The molecular weight excluding hydrogens is 320 g/mol. The first-order valence-corrected chi connectivity index (χ1v) is 8.09. The Labute approximate surface area is 151 Å². The Kier molecular flexibility index (Phi) is 7.46. The lowest BCUT2D eigenvalue weighted by Gasteiger charge is -2.15. The van der Waals surface area contributed by atoms with Gasteiger partial charge in [-0.05, 0) is 42.5 Å². The summed E-state index contributed by atoms with van der Waals surface area (Å²) in [6.07, 6.45) is 0. The van der Waals surface area contributed by atoms with Crippen LogP contribution >= 0.6 is 12.4 Å². The largest absolute Gasteiger partial charge is 0.350 e. The van der Waals surface area contributed by atoms with E-state index in [0.29, 0.717) is 18.0 Å². The van der Waals surface area contributed by atoms with E-state index in [1.165, 1.54) is 5.56 Å². The summed E-state index contributed by atoms with van der Waals surface area (Å²) < 4.78 is 0. The third-order valence-electron chi connectivity index (χ3n) is 4.15. The highest BCUT2D eigenvalue weighted by molar-refractivity contribution is 5.95. The summed E-state index contributed by atoms with van der Waals surface area (Å²) in [7, 11) is 0. The summed E-state index contributed by atoms with van der Waals surface area (Å²) in [6.45, 7) is 8.68. The normalized spacial score (nSPS) is 11.8. The minimum atomic E-state index is -0.203. The van der Waals surface area contributed by atoms with Gasteiger partial charge in [-0.25, -0.2) is 0 Å². The van der Waals surface area contributed by atoms with Gasteiger partial charge in [-0.3, -0.25) is 4.79 Å². The van der Waals surface area contributed by atoms with E-state index in [1.54, 1.807) is 0 Å². The van der Waals surface area contributed by atoms with Crippen molar-refractivity contribution in [1.29, 1.82) is 0 Å². The molecule has 1 unspecified atom stereocenters. The predicted octanol–water partition coefficient (Wildman–Crippen LogP) is 4.28. The van der Waals surface area contributed by atoms with E-state index in [-0.39, 0.29) is 24.4 Å². The fourth-order valence-electron chi connectivity index (χ4n) is 2.52. The number of hydrogen-bond donors (Lipinski definition) is 2. The van der Waals surface area contributed by atoms with Crippen LogP contribution in [0.4, 0.5) is 0 Å². The molecule has 0 aliphatic heterocycles. The summed E-state index contributed by atoms with van der Waals surface area (Å²) in [5, 5.41) is 2.94. The molecule has 130 valence electrons. The average Bonchev–Trinajstić information content (AvgIpc) is 2.54. The second-order valence-electron chi connectivity index (χ2n) is 6.46. The van der Waals surface area contributed by atoms with E-state index in [0.717, 1.165) is 16.7 Å². The summed E-state index contributed by atoms with van der Waals surface area (Å²) >= 11 is 0. The van der Waals surface area contributed by atoms with Crippen molar-refractivity contribution in [2.45, 2.75) is 39.7 Å². The summed E-state index contributed by atoms with van der Waals surface area (Å²) in [5.41, 5.74) is 11.3. The molecule has 2 rings (SSSR count). The fraction of sp³-hybridized carbons (Fsp3) is 0.350. The third kappa shape index (κ3) is 5.08. The molecule has 1 amide bonds. The van der Waals surface area contributed by atoms with Crippen molar-refractivity contribution in [1.82, 2.24) is 5.32 Å². The molecule has 0 saturated heterocycles. The molecule has 0 heterocycles. The van der Waals surface area contributed by atoms with Crippen LogP contribution in [0.5, 0.6) is 0 Å². The van der Waals surface area contributed by atoms with Crippen LogP contribution in [0.25, 0.3) is 0 Å². The Bertz CT molecular complexity index is 681. The zero-order valence-electron chi connectivity index (χ0n) is 14.8. The van der Waals surface area contributed by atoms with Gasteiger partial charge in [-0.2, -0.15) is 0 Å². The monoisotopic (exact) mass is 346 g/mol. The van der Waals surface area contributed by atoms with Crippen molar-refractivity contribution >= 4 is 18.3 Å². The van der Waals surface area contributed by atoms with Gasteiger partial charge in [-0.15, -0.1) is 12.4 Å². The Morgan fingerprint density at radius 2 is 1.62 bits per heavy atom.